The van der Waals surface area contributed by atoms with Crippen LogP contribution in [-0.2, 0) is 11.2 Å². The first kappa shape index (κ1) is 17.4. The van der Waals surface area contributed by atoms with E-state index in [1.54, 1.807) is 30.3 Å². The van der Waals surface area contributed by atoms with Gasteiger partial charge < -0.3 is 29.5 Å². The van der Waals surface area contributed by atoms with E-state index in [1.165, 1.54) is 21.3 Å². The van der Waals surface area contributed by atoms with Gasteiger partial charge in [-0.1, -0.05) is 0 Å². The number of methoxy groups -OCH3 is 3. The highest BCUT2D eigenvalue weighted by Gasteiger charge is 2.15. The number of carbonyl (C=O) groups is 1. The van der Waals surface area contributed by atoms with Crippen molar-refractivity contribution in [3.63, 3.8) is 0 Å². The van der Waals surface area contributed by atoms with Crippen LogP contribution < -0.4 is 25.2 Å². The summed E-state index contributed by atoms with van der Waals surface area (Å²) >= 11 is 0. The Kier molecular flexibility index (Phi) is 4.83. The van der Waals surface area contributed by atoms with E-state index < -0.39 is 0 Å². The van der Waals surface area contributed by atoms with Crippen molar-refractivity contribution in [1.29, 1.82) is 0 Å². The molecule has 0 saturated heterocycles. The van der Waals surface area contributed by atoms with Gasteiger partial charge in [0.05, 0.1) is 38.8 Å². The van der Waals surface area contributed by atoms with Crippen LogP contribution in [0.25, 0.3) is 11.0 Å². The molecule has 2 aromatic carbocycles. The molecule has 0 aliphatic heterocycles. The number of ether oxygens (including phenoxy) is 3. The highest BCUT2D eigenvalue weighted by molar-refractivity contribution is 5.94. The van der Waals surface area contributed by atoms with Gasteiger partial charge in [-0.05, 0) is 35.9 Å². The Bertz CT molecular complexity index is 980. The molecular formula is C18H19N3O5. The molecule has 1 amide bonds. The number of benzene rings is 2. The summed E-state index contributed by atoms with van der Waals surface area (Å²) in [7, 11) is 4.57. The van der Waals surface area contributed by atoms with Crippen LogP contribution in [0.3, 0.4) is 0 Å². The molecule has 0 unspecified atom stereocenters. The molecule has 0 saturated carbocycles. The third-order valence-electron chi connectivity index (χ3n) is 3.89. The van der Waals surface area contributed by atoms with Gasteiger partial charge in [-0.15, -0.1) is 0 Å². The average Bonchev–Trinajstić information content (AvgIpc) is 2.99. The second-order valence-corrected chi connectivity index (χ2v) is 5.60. The average molecular weight is 357 g/mol. The van der Waals surface area contributed by atoms with Gasteiger partial charge in [0.15, 0.2) is 11.5 Å². The Morgan fingerprint density at radius 3 is 2.23 bits per heavy atom. The first-order valence-corrected chi connectivity index (χ1v) is 7.85. The molecule has 3 rings (SSSR count). The third-order valence-corrected chi connectivity index (χ3v) is 3.89. The number of H-pyrrole nitrogens is 2. The predicted octanol–water partition coefficient (Wildman–Crippen LogP) is 2.06. The van der Waals surface area contributed by atoms with E-state index in [2.05, 4.69) is 15.3 Å². The second-order valence-electron chi connectivity index (χ2n) is 5.60. The molecule has 3 N–H and O–H groups in total. The molecule has 3 aromatic rings. The van der Waals surface area contributed by atoms with Gasteiger partial charge in [-0.2, -0.15) is 0 Å². The fraction of sp³-hybridized carbons (Fsp3) is 0.222. The van der Waals surface area contributed by atoms with Gasteiger partial charge >= 0.3 is 5.69 Å². The van der Waals surface area contributed by atoms with Crippen LogP contribution in [0.15, 0.2) is 35.1 Å². The van der Waals surface area contributed by atoms with Crippen LogP contribution in [0.4, 0.5) is 5.69 Å². The fourth-order valence-electron chi connectivity index (χ4n) is 2.74. The Hall–Kier alpha value is -3.42. The van der Waals surface area contributed by atoms with E-state index in [0.29, 0.717) is 39.5 Å². The maximum absolute atomic E-state index is 12.4. The van der Waals surface area contributed by atoms with Crippen molar-refractivity contribution < 1.29 is 19.0 Å². The van der Waals surface area contributed by atoms with E-state index in [4.69, 9.17) is 14.2 Å². The summed E-state index contributed by atoms with van der Waals surface area (Å²) in [5.41, 5.74) is 2.32. The van der Waals surface area contributed by atoms with Crippen LogP contribution in [0.5, 0.6) is 17.2 Å². The fourth-order valence-corrected chi connectivity index (χ4v) is 2.74. The van der Waals surface area contributed by atoms with Crippen LogP contribution in [0.2, 0.25) is 0 Å². The molecule has 1 aromatic heterocycles. The number of anilines is 1. The maximum atomic E-state index is 12.4. The number of hydrogen-bond acceptors (Lipinski definition) is 5. The number of nitrogens with one attached hydrogen (secondary N) is 3. The number of carbonyl (C=O) groups excluding carboxylic acids is 1. The van der Waals surface area contributed by atoms with Crippen molar-refractivity contribution in [2.75, 3.05) is 26.6 Å². The minimum absolute atomic E-state index is 0.123. The Labute approximate surface area is 149 Å². The lowest BCUT2D eigenvalue weighted by atomic mass is 10.1. The van der Waals surface area contributed by atoms with Gasteiger partial charge in [0, 0.05) is 5.69 Å². The minimum atomic E-state index is -0.291. The van der Waals surface area contributed by atoms with E-state index >= 15 is 0 Å². The quantitative estimate of drug-likeness (QED) is 0.626. The standard InChI is InChI=1S/C18H19N3O5/c1-24-14-6-10(7-15(25-2)17(14)26-3)8-16(22)19-11-4-5-12-13(9-11)21-18(23)20-12/h4-7,9H,8H2,1-3H3,(H,19,22)(H2,20,21,23). The van der Waals surface area contributed by atoms with E-state index in [9.17, 15) is 9.59 Å². The van der Waals surface area contributed by atoms with Gasteiger partial charge in [-0.3, -0.25) is 4.79 Å². The molecule has 26 heavy (non-hydrogen) atoms. The maximum Gasteiger partial charge on any atom is 0.323 e. The van der Waals surface area contributed by atoms with Crippen molar-refractivity contribution in [2.45, 2.75) is 6.42 Å². The minimum Gasteiger partial charge on any atom is -0.493 e. The van der Waals surface area contributed by atoms with E-state index in [1.807, 2.05) is 0 Å². The first-order chi connectivity index (χ1) is 12.5. The number of aromatic nitrogens is 2. The number of amides is 1. The summed E-state index contributed by atoms with van der Waals surface area (Å²) in [4.78, 5) is 29.0. The molecule has 8 heteroatoms. The molecule has 0 bridgehead atoms. The van der Waals surface area contributed by atoms with Crippen molar-refractivity contribution in [2.24, 2.45) is 0 Å². The molecular weight excluding hydrogens is 338 g/mol. The largest absolute Gasteiger partial charge is 0.493 e. The lowest BCUT2D eigenvalue weighted by Gasteiger charge is -2.14. The Morgan fingerprint density at radius 1 is 0.962 bits per heavy atom. The van der Waals surface area contributed by atoms with Crippen LogP contribution in [0.1, 0.15) is 5.56 Å². The number of fused-ring (bicyclic) bond motifs is 1. The van der Waals surface area contributed by atoms with Crippen LogP contribution in [-0.4, -0.2) is 37.2 Å². The van der Waals surface area contributed by atoms with E-state index in [0.717, 1.165) is 0 Å². The number of imidazole rings is 1. The normalized spacial score (nSPS) is 10.6. The second kappa shape index (κ2) is 7.22. The van der Waals surface area contributed by atoms with Gasteiger partial charge in [0.2, 0.25) is 11.7 Å². The van der Waals surface area contributed by atoms with Crippen molar-refractivity contribution in [3.05, 3.63) is 46.4 Å². The van der Waals surface area contributed by atoms with Crippen LogP contribution >= 0.6 is 0 Å². The zero-order valence-electron chi connectivity index (χ0n) is 14.6. The highest BCUT2D eigenvalue weighted by Crippen LogP contribution is 2.38. The van der Waals surface area contributed by atoms with Gasteiger partial charge in [-0.25, -0.2) is 4.79 Å². The molecule has 0 fully saturated rings. The summed E-state index contributed by atoms with van der Waals surface area (Å²) in [5, 5.41) is 2.81. The third kappa shape index (κ3) is 3.49. The molecule has 1 heterocycles. The molecule has 0 radical (unpaired) electrons. The highest BCUT2D eigenvalue weighted by atomic mass is 16.5. The van der Waals surface area contributed by atoms with Crippen molar-refractivity contribution in [3.8, 4) is 17.2 Å². The number of rotatable bonds is 6. The SMILES string of the molecule is COc1cc(CC(=O)Nc2ccc3[nH]c(=O)[nH]c3c2)cc(OC)c1OC. The summed E-state index contributed by atoms with van der Waals surface area (Å²) in [5.74, 6) is 1.24. The molecule has 0 spiro atoms. The van der Waals surface area contributed by atoms with Crippen LogP contribution in [0, 0.1) is 0 Å². The lowest BCUT2D eigenvalue weighted by molar-refractivity contribution is -0.115. The Morgan fingerprint density at radius 2 is 1.62 bits per heavy atom. The predicted molar refractivity (Wildman–Crippen MR) is 97.4 cm³/mol. The molecule has 0 aliphatic rings. The topological polar surface area (TPSA) is 105 Å². The number of aromatic amines is 2. The smallest absolute Gasteiger partial charge is 0.323 e. The molecule has 8 nitrogen and oxygen atoms in total. The first-order valence-electron chi connectivity index (χ1n) is 7.85. The Balaban J connectivity index is 1.79. The van der Waals surface area contributed by atoms with Crippen molar-refractivity contribution in [1.82, 2.24) is 9.97 Å². The molecule has 0 aliphatic carbocycles. The number of hydrogen-bond donors (Lipinski definition) is 3. The molecule has 136 valence electrons. The summed E-state index contributed by atoms with van der Waals surface area (Å²) in [6.45, 7) is 0. The zero-order valence-corrected chi connectivity index (χ0v) is 14.6. The molecule has 0 atom stereocenters. The zero-order chi connectivity index (χ0) is 18.7. The van der Waals surface area contributed by atoms with Gasteiger partial charge in [0.1, 0.15) is 0 Å². The lowest BCUT2D eigenvalue weighted by Crippen LogP contribution is -2.14. The van der Waals surface area contributed by atoms with Crippen molar-refractivity contribution >= 4 is 22.6 Å². The van der Waals surface area contributed by atoms with E-state index in [-0.39, 0.29) is 18.0 Å². The summed E-state index contributed by atoms with van der Waals surface area (Å²) in [6.07, 6.45) is 0.123. The summed E-state index contributed by atoms with van der Waals surface area (Å²) < 4.78 is 15.9. The summed E-state index contributed by atoms with van der Waals surface area (Å²) in [6, 6.07) is 8.60. The van der Waals surface area contributed by atoms with Gasteiger partial charge in [0.25, 0.3) is 0 Å². The monoisotopic (exact) mass is 357 g/mol.